The average molecular weight is 719 g/mol. The molecule has 56 heavy (non-hydrogen) atoms. The molecular formula is C51H34N4O. The third kappa shape index (κ3) is 5.09. The van der Waals surface area contributed by atoms with Gasteiger partial charge in [-0.05, 0) is 68.4 Å². The van der Waals surface area contributed by atoms with Crippen molar-refractivity contribution in [2.24, 2.45) is 0 Å². The molecule has 0 saturated carbocycles. The van der Waals surface area contributed by atoms with Crippen LogP contribution in [0, 0.1) is 0 Å². The molecule has 10 aromatic rings. The molecule has 0 unspecified atom stereocenters. The molecule has 0 fully saturated rings. The smallest absolute Gasteiger partial charge is 0.227 e. The molecule has 5 nitrogen and oxygen atoms in total. The minimum Gasteiger partial charge on any atom is -0.435 e. The van der Waals surface area contributed by atoms with Crippen LogP contribution >= 0.6 is 0 Å². The van der Waals surface area contributed by atoms with Crippen molar-refractivity contribution in [2.75, 3.05) is 0 Å². The summed E-state index contributed by atoms with van der Waals surface area (Å²) in [6.45, 7) is 4.60. The predicted octanol–water partition coefficient (Wildman–Crippen LogP) is 13.0. The van der Waals surface area contributed by atoms with Gasteiger partial charge >= 0.3 is 0 Å². The lowest BCUT2D eigenvalue weighted by atomic mass is 9.82. The van der Waals surface area contributed by atoms with E-state index in [0.717, 1.165) is 66.0 Å². The fraction of sp³-hybridized carbons (Fsp3) is 0.0588. The molecular weight excluding hydrogens is 685 g/mol. The van der Waals surface area contributed by atoms with Crippen LogP contribution in [-0.2, 0) is 5.41 Å². The summed E-state index contributed by atoms with van der Waals surface area (Å²) in [6, 6.07) is 59.1. The van der Waals surface area contributed by atoms with Gasteiger partial charge in [-0.2, -0.15) is 0 Å². The largest absolute Gasteiger partial charge is 0.435 e. The quantitative estimate of drug-likeness (QED) is 0.166. The Labute approximate surface area is 324 Å². The number of rotatable bonds is 5. The van der Waals surface area contributed by atoms with Crippen molar-refractivity contribution in [1.82, 2.24) is 19.9 Å². The van der Waals surface area contributed by atoms with Crippen molar-refractivity contribution in [2.45, 2.75) is 19.3 Å². The van der Waals surface area contributed by atoms with Crippen LogP contribution in [0.2, 0.25) is 0 Å². The van der Waals surface area contributed by atoms with Gasteiger partial charge in [0.25, 0.3) is 0 Å². The van der Waals surface area contributed by atoms with Gasteiger partial charge in [0.05, 0.1) is 0 Å². The minimum atomic E-state index is -0.128. The van der Waals surface area contributed by atoms with Gasteiger partial charge in [0, 0.05) is 38.4 Å². The van der Waals surface area contributed by atoms with Gasteiger partial charge in [-0.3, -0.25) is 0 Å². The van der Waals surface area contributed by atoms with E-state index in [2.05, 4.69) is 123 Å². The van der Waals surface area contributed by atoms with Crippen LogP contribution in [0.25, 0.3) is 101 Å². The Hall–Kier alpha value is -7.24. The maximum Gasteiger partial charge on any atom is 0.227 e. The van der Waals surface area contributed by atoms with Crippen LogP contribution in [0.15, 0.2) is 174 Å². The van der Waals surface area contributed by atoms with Crippen molar-refractivity contribution in [3.63, 3.8) is 0 Å². The van der Waals surface area contributed by atoms with Gasteiger partial charge in [-0.1, -0.05) is 159 Å². The maximum atomic E-state index is 6.43. The molecule has 0 atom stereocenters. The Bertz CT molecular complexity index is 3150. The lowest BCUT2D eigenvalue weighted by molar-refractivity contribution is 0.623. The van der Waals surface area contributed by atoms with Crippen molar-refractivity contribution < 1.29 is 4.42 Å². The molecule has 1 aliphatic rings. The predicted molar refractivity (Wildman–Crippen MR) is 227 cm³/mol. The first-order chi connectivity index (χ1) is 27.5. The summed E-state index contributed by atoms with van der Waals surface area (Å²) in [5, 5.41) is 4.38. The molecule has 5 heteroatoms. The zero-order valence-corrected chi connectivity index (χ0v) is 30.9. The van der Waals surface area contributed by atoms with Gasteiger partial charge in [-0.25, -0.2) is 19.9 Å². The third-order valence-electron chi connectivity index (χ3n) is 11.4. The summed E-state index contributed by atoms with van der Waals surface area (Å²) in [6.07, 6.45) is 0. The highest BCUT2D eigenvalue weighted by atomic mass is 16.3. The number of hydrogen-bond acceptors (Lipinski definition) is 5. The van der Waals surface area contributed by atoms with Gasteiger partial charge < -0.3 is 4.42 Å². The number of oxazole rings is 1. The zero-order valence-electron chi connectivity index (χ0n) is 30.9. The first-order valence-electron chi connectivity index (χ1n) is 19.0. The SMILES string of the molecule is CC1(C)c2ccccc2-c2ccc(-c3nc(-c4ccccc4)nc(-c4ccc(-c5ccc6c(c5)c5ccccc5c5oc(-c7ccccc7)nc65)cc4)n3)cc21. The van der Waals surface area contributed by atoms with E-state index in [1.807, 2.05) is 60.7 Å². The molecule has 0 radical (unpaired) electrons. The molecule has 2 aromatic heterocycles. The van der Waals surface area contributed by atoms with Gasteiger partial charge in [-0.15, -0.1) is 0 Å². The summed E-state index contributed by atoms with van der Waals surface area (Å²) in [5.74, 6) is 2.56. The first-order valence-corrected chi connectivity index (χ1v) is 19.0. The van der Waals surface area contributed by atoms with E-state index in [4.69, 9.17) is 24.4 Å². The molecule has 0 spiro atoms. The monoisotopic (exact) mass is 718 g/mol. The third-order valence-corrected chi connectivity index (χ3v) is 11.4. The maximum absolute atomic E-state index is 6.43. The molecule has 11 rings (SSSR count). The second-order valence-corrected chi connectivity index (χ2v) is 15.0. The van der Waals surface area contributed by atoms with E-state index in [1.165, 1.54) is 22.3 Å². The second-order valence-electron chi connectivity index (χ2n) is 15.0. The van der Waals surface area contributed by atoms with Crippen molar-refractivity contribution >= 4 is 32.6 Å². The molecule has 0 bridgehead atoms. The zero-order chi connectivity index (χ0) is 37.4. The number of nitrogens with zero attached hydrogens (tertiary/aromatic N) is 4. The van der Waals surface area contributed by atoms with E-state index < -0.39 is 0 Å². The van der Waals surface area contributed by atoms with Crippen LogP contribution in [0.1, 0.15) is 25.0 Å². The second kappa shape index (κ2) is 12.4. The highest BCUT2D eigenvalue weighted by Gasteiger charge is 2.35. The Kier molecular flexibility index (Phi) is 7.13. The Morgan fingerprint density at radius 2 is 0.929 bits per heavy atom. The molecule has 2 heterocycles. The number of fused-ring (bicyclic) bond motifs is 9. The fourth-order valence-corrected chi connectivity index (χ4v) is 8.46. The van der Waals surface area contributed by atoms with Crippen molar-refractivity contribution in [3.8, 4) is 67.9 Å². The molecule has 0 aliphatic heterocycles. The molecule has 0 amide bonds. The summed E-state index contributed by atoms with van der Waals surface area (Å²) in [5.41, 5.74) is 12.8. The van der Waals surface area contributed by atoms with E-state index in [-0.39, 0.29) is 5.41 Å². The Balaban J connectivity index is 0.998. The summed E-state index contributed by atoms with van der Waals surface area (Å²) in [7, 11) is 0. The Morgan fingerprint density at radius 1 is 0.375 bits per heavy atom. The number of aromatic nitrogens is 4. The van der Waals surface area contributed by atoms with Crippen molar-refractivity contribution in [3.05, 3.63) is 181 Å². The van der Waals surface area contributed by atoms with Gasteiger partial charge in [0.15, 0.2) is 23.1 Å². The first kappa shape index (κ1) is 32.2. The van der Waals surface area contributed by atoms with Gasteiger partial charge in [0.2, 0.25) is 5.89 Å². The fourth-order valence-electron chi connectivity index (χ4n) is 8.46. The van der Waals surface area contributed by atoms with Crippen LogP contribution in [-0.4, -0.2) is 19.9 Å². The minimum absolute atomic E-state index is 0.128. The normalized spacial score (nSPS) is 13.0. The van der Waals surface area contributed by atoms with Crippen LogP contribution in [0.5, 0.6) is 0 Å². The highest BCUT2D eigenvalue weighted by molar-refractivity contribution is 6.23. The molecule has 8 aromatic carbocycles. The highest BCUT2D eigenvalue weighted by Crippen LogP contribution is 2.49. The standard InChI is InChI=1S/C51H34N4O/c1-51(2)43-20-12-11-18-38(43)39-27-26-36(30-44(39)51)49-54-47(32-13-5-3-6-14-32)53-48(55-49)33-23-21-31(22-24-33)35-25-28-40-42(29-35)37-17-9-10-19-41(37)46-45(40)52-50(56-46)34-15-7-4-8-16-34/h3-30H,1-2H3. The summed E-state index contributed by atoms with van der Waals surface area (Å²) < 4.78 is 6.43. The molecule has 0 N–H and O–H groups in total. The molecule has 264 valence electrons. The van der Waals surface area contributed by atoms with E-state index >= 15 is 0 Å². The topological polar surface area (TPSA) is 64.7 Å². The molecule has 0 saturated heterocycles. The summed E-state index contributed by atoms with van der Waals surface area (Å²) in [4.78, 5) is 20.2. The van der Waals surface area contributed by atoms with Gasteiger partial charge in [0.1, 0.15) is 5.52 Å². The Morgan fingerprint density at radius 3 is 1.68 bits per heavy atom. The summed E-state index contributed by atoms with van der Waals surface area (Å²) >= 11 is 0. The molecule has 1 aliphatic carbocycles. The van der Waals surface area contributed by atoms with Crippen LogP contribution < -0.4 is 0 Å². The van der Waals surface area contributed by atoms with Crippen molar-refractivity contribution in [1.29, 1.82) is 0 Å². The number of benzene rings is 8. The van der Waals surface area contributed by atoms with Crippen LogP contribution in [0.3, 0.4) is 0 Å². The van der Waals surface area contributed by atoms with E-state index in [0.29, 0.717) is 23.4 Å². The lowest BCUT2D eigenvalue weighted by Gasteiger charge is -2.21. The van der Waals surface area contributed by atoms with E-state index in [1.54, 1.807) is 0 Å². The van der Waals surface area contributed by atoms with E-state index in [9.17, 15) is 0 Å². The number of hydrogen-bond donors (Lipinski definition) is 0. The lowest BCUT2D eigenvalue weighted by Crippen LogP contribution is -2.15. The van der Waals surface area contributed by atoms with Crippen LogP contribution in [0.4, 0.5) is 0 Å². The average Bonchev–Trinajstić information content (AvgIpc) is 3.82.